The number of rotatable bonds is 9. The second-order valence-electron chi connectivity index (χ2n) is 7.24. The minimum Gasteiger partial charge on any atom is -0.748 e. The Morgan fingerprint density at radius 2 is 1.61 bits per heavy atom. The van der Waals surface area contributed by atoms with Crippen molar-refractivity contribution in [2.75, 3.05) is 31.6 Å². The van der Waals surface area contributed by atoms with E-state index in [0.717, 1.165) is 5.39 Å². The number of hydrogen-bond acceptors (Lipinski definition) is 9. The molecule has 0 atom stereocenters. The normalized spacial score (nSPS) is 12.3. The summed E-state index contributed by atoms with van der Waals surface area (Å²) in [6.45, 7) is 0.0115. The molecular formula is C21H22N3NaO6S2. The van der Waals surface area contributed by atoms with Crippen molar-refractivity contribution in [3.8, 4) is 5.75 Å². The van der Waals surface area contributed by atoms with E-state index < -0.39 is 25.7 Å². The van der Waals surface area contributed by atoms with Crippen LogP contribution >= 0.6 is 0 Å². The summed E-state index contributed by atoms with van der Waals surface area (Å²) < 4.78 is 57.5. The number of sulfone groups is 1. The summed E-state index contributed by atoms with van der Waals surface area (Å²) in [6, 6.07) is 16.6. The summed E-state index contributed by atoms with van der Waals surface area (Å²) in [7, 11) is -6.49. The van der Waals surface area contributed by atoms with Crippen molar-refractivity contribution in [1.82, 2.24) is 4.90 Å². The number of azo groups is 1. The van der Waals surface area contributed by atoms with Gasteiger partial charge in [0.15, 0.2) is 9.84 Å². The van der Waals surface area contributed by atoms with E-state index in [1.165, 1.54) is 29.2 Å². The number of phenols is 1. The van der Waals surface area contributed by atoms with Crippen molar-refractivity contribution >= 4 is 42.1 Å². The molecule has 1 N–H and O–H groups in total. The second-order valence-corrected chi connectivity index (χ2v) is 10.9. The zero-order chi connectivity index (χ0) is 23.4. The van der Waals surface area contributed by atoms with Crippen molar-refractivity contribution in [2.24, 2.45) is 10.2 Å². The molecule has 0 saturated heterocycles. The molecule has 0 spiro atoms. The SMILES string of the molecule is CN(CCS(=O)(=O)[O-])CCS(=O)(=O)c1cccc(N=Nc2c(O)ccc3ccccc23)c1.[Na+]. The first-order valence-corrected chi connectivity index (χ1v) is 12.9. The Labute approximate surface area is 215 Å². The van der Waals surface area contributed by atoms with Gasteiger partial charge in [0.2, 0.25) is 0 Å². The fraction of sp³-hybridized carbons (Fsp3) is 0.238. The van der Waals surface area contributed by atoms with Gasteiger partial charge >= 0.3 is 29.6 Å². The van der Waals surface area contributed by atoms with E-state index in [1.807, 2.05) is 18.2 Å². The van der Waals surface area contributed by atoms with Crippen molar-refractivity contribution in [3.05, 3.63) is 60.7 Å². The van der Waals surface area contributed by atoms with Gasteiger partial charge in [-0.1, -0.05) is 36.4 Å². The number of nitrogens with zero attached hydrogens (tertiary/aromatic N) is 3. The molecule has 3 aromatic carbocycles. The molecule has 0 saturated carbocycles. The largest absolute Gasteiger partial charge is 1.00 e. The summed E-state index contributed by atoms with van der Waals surface area (Å²) in [6.07, 6.45) is 0. The molecule has 0 aliphatic carbocycles. The van der Waals surface area contributed by atoms with Crippen LogP contribution in [0.25, 0.3) is 10.8 Å². The van der Waals surface area contributed by atoms with Gasteiger partial charge in [-0.05, 0) is 36.7 Å². The Hall–Kier alpha value is -1.86. The van der Waals surface area contributed by atoms with Crippen LogP contribution in [0.3, 0.4) is 0 Å². The van der Waals surface area contributed by atoms with Gasteiger partial charge in [-0.2, -0.15) is 5.11 Å². The molecular weight excluding hydrogens is 477 g/mol. The van der Waals surface area contributed by atoms with Gasteiger partial charge in [-0.3, -0.25) is 0 Å². The molecule has 33 heavy (non-hydrogen) atoms. The monoisotopic (exact) mass is 499 g/mol. The van der Waals surface area contributed by atoms with Crippen LogP contribution in [-0.4, -0.2) is 63.0 Å². The first-order chi connectivity index (χ1) is 15.0. The van der Waals surface area contributed by atoms with Crippen molar-refractivity contribution < 1.29 is 56.1 Å². The maximum absolute atomic E-state index is 12.7. The molecule has 0 aromatic heterocycles. The van der Waals surface area contributed by atoms with Crippen LogP contribution in [0, 0.1) is 0 Å². The summed E-state index contributed by atoms with van der Waals surface area (Å²) in [5.41, 5.74) is 0.579. The predicted octanol–water partition coefficient (Wildman–Crippen LogP) is 0.216. The van der Waals surface area contributed by atoms with Gasteiger partial charge in [0.25, 0.3) is 0 Å². The van der Waals surface area contributed by atoms with Crippen LogP contribution in [-0.2, 0) is 20.0 Å². The minimum absolute atomic E-state index is 0. The molecule has 170 valence electrons. The first-order valence-electron chi connectivity index (χ1n) is 9.62. The molecule has 0 unspecified atom stereocenters. The zero-order valence-corrected chi connectivity index (χ0v) is 21.9. The zero-order valence-electron chi connectivity index (χ0n) is 18.2. The smallest absolute Gasteiger partial charge is 0.748 e. The molecule has 0 bridgehead atoms. The van der Waals surface area contributed by atoms with Crippen molar-refractivity contribution in [3.63, 3.8) is 0 Å². The van der Waals surface area contributed by atoms with Crippen LogP contribution in [0.5, 0.6) is 5.75 Å². The molecule has 3 aromatic rings. The third-order valence-corrected chi connectivity index (χ3v) is 7.16. The average molecular weight is 500 g/mol. The van der Waals surface area contributed by atoms with Gasteiger partial charge in [0.1, 0.15) is 11.4 Å². The fourth-order valence-electron chi connectivity index (χ4n) is 2.97. The number of fused-ring (bicyclic) bond motifs is 1. The fourth-order valence-corrected chi connectivity index (χ4v) is 4.88. The Morgan fingerprint density at radius 3 is 2.33 bits per heavy atom. The van der Waals surface area contributed by atoms with Gasteiger partial charge in [0.05, 0.1) is 32.2 Å². The van der Waals surface area contributed by atoms with Crippen LogP contribution in [0.2, 0.25) is 0 Å². The summed E-state index contributed by atoms with van der Waals surface area (Å²) in [5.74, 6) is -0.882. The molecule has 0 radical (unpaired) electrons. The van der Waals surface area contributed by atoms with Gasteiger partial charge in [-0.25, -0.2) is 16.8 Å². The Kier molecular flexibility index (Phi) is 9.56. The second kappa shape index (κ2) is 11.5. The Morgan fingerprint density at radius 1 is 0.909 bits per heavy atom. The summed E-state index contributed by atoms with van der Waals surface area (Å²) in [5, 5.41) is 20.0. The average Bonchev–Trinajstić information content (AvgIpc) is 2.75. The number of benzene rings is 3. The third-order valence-electron chi connectivity index (χ3n) is 4.79. The topological polar surface area (TPSA) is 140 Å². The molecule has 0 aliphatic rings. The van der Waals surface area contributed by atoms with Crippen LogP contribution in [0.15, 0.2) is 75.8 Å². The van der Waals surface area contributed by atoms with Crippen molar-refractivity contribution in [2.45, 2.75) is 4.90 Å². The van der Waals surface area contributed by atoms with Crippen LogP contribution in [0.1, 0.15) is 0 Å². The number of aromatic hydroxyl groups is 1. The minimum atomic E-state index is -4.36. The maximum Gasteiger partial charge on any atom is 1.00 e. The third kappa shape index (κ3) is 7.85. The summed E-state index contributed by atoms with van der Waals surface area (Å²) >= 11 is 0. The van der Waals surface area contributed by atoms with Crippen LogP contribution < -0.4 is 29.6 Å². The number of phenolic OH excluding ortho intramolecular Hbond substituents is 1. The van der Waals surface area contributed by atoms with Gasteiger partial charge < -0.3 is 14.6 Å². The quantitative estimate of drug-likeness (QED) is 0.252. The van der Waals surface area contributed by atoms with Gasteiger partial charge in [-0.15, -0.1) is 5.11 Å². The molecule has 0 fully saturated rings. The molecule has 3 rings (SSSR count). The molecule has 0 amide bonds. The first kappa shape index (κ1) is 27.4. The van der Waals surface area contributed by atoms with E-state index in [4.69, 9.17) is 0 Å². The van der Waals surface area contributed by atoms with Gasteiger partial charge in [0, 0.05) is 18.5 Å². The van der Waals surface area contributed by atoms with E-state index in [-0.39, 0.29) is 64.7 Å². The van der Waals surface area contributed by atoms with E-state index in [0.29, 0.717) is 11.1 Å². The number of hydrogen-bond donors (Lipinski definition) is 1. The van der Waals surface area contributed by atoms with E-state index in [9.17, 15) is 26.5 Å². The van der Waals surface area contributed by atoms with E-state index >= 15 is 0 Å². The molecule has 12 heteroatoms. The molecule has 0 aliphatic heterocycles. The maximum atomic E-state index is 12.7. The standard InChI is InChI=1S/C21H23N3O6S2.Na/c1-24(12-14-32(28,29)30)11-13-31(26,27)18-7-4-6-17(15-18)22-23-21-19-8-3-2-5-16(19)9-10-20(21)25;/h2-10,15,25H,11-14H2,1H3,(H,28,29,30);/q;+1/p-1. The predicted molar refractivity (Wildman–Crippen MR) is 120 cm³/mol. The van der Waals surface area contributed by atoms with E-state index in [1.54, 1.807) is 25.2 Å². The van der Waals surface area contributed by atoms with E-state index in [2.05, 4.69) is 10.2 Å². The Balaban J connectivity index is 0.00000385. The molecule has 9 nitrogen and oxygen atoms in total. The van der Waals surface area contributed by atoms with Crippen molar-refractivity contribution in [1.29, 1.82) is 0 Å². The Bertz CT molecular complexity index is 1360. The van der Waals surface area contributed by atoms with Crippen LogP contribution in [0.4, 0.5) is 11.4 Å². The molecule has 0 heterocycles. The summed E-state index contributed by atoms with van der Waals surface area (Å²) in [4.78, 5) is 1.51.